The molecule has 2 N–H and O–H groups in total. The zero-order valence-corrected chi connectivity index (χ0v) is 20.4. The van der Waals surface area contributed by atoms with Crippen LogP contribution in [0.3, 0.4) is 0 Å². The first-order chi connectivity index (χ1) is 18.4. The number of aromatic amines is 1. The molecular weight excluding hydrogens is 512 g/mol. The van der Waals surface area contributed by atoms with Crippen LogP contribution >= 0.6 is 11.6 Å². The Balaban J connectivity index is 0.000000170. The normalized spacial score (nSPS) is 10.8. The van der Waals surface area contributed by atoms with Crippen molar-refractivity contribution in [3.63, 3.8) is 0 Å². The van der Waals surface area contributed by atoms with Gasteiger partial charge in [0.2, 0.25) is 0 Å². The predicted octanol–water partition coefficient (Wildman–Crippen LogP) is 4.03. The van der Waals surface area contributed by atoms with Gasteiger partial charge in [0.05, 0.1) is 39.9 Å². The SMILES string of the molecule is COC(=O)c1nnc2ccccc2c1Cl.O=C(O)c1ccc(-n2[nH]c3c(nnc4ccccc43)c2=O)cc1. The first kappa shape index (κ1) is 24.5. The number of ether oxygens (including phenoxy) is 1. The van der Waals surface area contributed by atoms with Crippen molar-refractivity contribution < 1.29 is 19.4 Å². The van der Waals surface area contributed by atoms with Gasteiger partial charge in [-0.1, -0.05) is 48.0 Å². The van der Waals surface area contributed by atoms with Crippen LogP contribution in [0.25, 0.3) is 38.5 Å². The zero-order chi connectivity index (χ0) is 26.8. The fourth-order valence-electron chi connectivity index (χ4n) is 3.77. The highest BCUT2D eigenvalue weighted by Gasteiger charge is 2.16. The van der Waals surface area contributed by atoms with Gasteiger partial charge in [-0.2, -0.15) is 0 Å². The second kappa shape index (κ2) is 10.1. The first-order valence-corrected chi connectivity index (χ1v) is 11.5. The van der Waals surface area contributed by atoms with Gasteiger partial charge in [-0.3, -0.25) is 9.89 Å². The maximum absolute atomic E-state index is 12.5. The average Bonchev–Trinajstić information content (AvgIpc) is 3.30. The Morgan fingerprint density at radius 1 is 0.868 bits per heavy atom. The van der Waals surface area contributed by atoms with Crippen LogP contribution in [0.15, 0.2) is 77.6 Å². The van der Waals surface area contributed by atoms with Crippen molar-refractivity contribution in [2.75, 3.05) is 7.11 Å². The minimum atomic E-state index is -1.02. The van der Waals surface area contributed by atoms with Crippen molar-refractivity contribution in [1.82, 2.24) is 30.2 Å². The molecule has 0 bridgehead atoms. The molecule has 188 valence electrons. The van der Waals surface area contributed by atoms with E-state index >= 15 is 0 Å². The molecule has 0 aliphatic rings. The Kier molecular flexibility index (Phi) is 6.50. The van der Waals surface area contributed by atoms with E-state index in [1.165, 1.54) is 23.9 Å². The lowest BCUT2D eigenvalue weighted by atomic mass is 10.2. The van der Waals surface area contributed by atoms with Gasteiger partial charge in [-0.15, -0.1) is 20.4 Å². The number of hydrogen-bond donors (Lipinski definition) is 2. The number of carboxylic acid groups (broad SMARTS) is 1. The summed E-state index contributed by atoms with van der Waals surface area (Å²) < 4.78 is 5.87. The molecule has 6 aromatic rings. The predicted molar refractivity (Wildman–Crippen MR) is 140 cm³/mol. The maximum atomic E-state index is 12.5. The van der Waals surface area contributed by atoms with E-state index in [1.807, 2.05) is 36.4 Å². The van der Waals surface area contributed by atoms with E-state index in [1.54, 1.807) is 24.3 Å². The summed E-state index contributed by atoms with van der Waals surface area (Å²) >= 11 is 6.01. The standard InChI is InChI=1S/C16H10N4O3.C10H7ClN2O2/c21-15-14-13(11-3-1-2-4-12(11)17-18-14)19-20(15)10-7-5-9(6-8-10)16(22)23;1-15-10(14)9-8(11)6-4-2-3-5-7(6)12-13-9/h1-8,19H,(H,22,23);2-5H,1H3. The number of fused-ring (bicyclic) bond motifs is 4. The van der Waals surface area contributed by atoms with E-state index in [0.717, 1.165) is 5.39 Å². The molecule has 0 saturated carbocycles. The second-order valence-electron chi connectivity index (χ2n) is 7.92. The van der Waals surface area contributed by atoms with Crippen molar-refractivity contribution in [3.05, 3.63) is 99.4 Å². The van der Waals surface area contributed by atoms with Crippen LogP contribution in [-0.2, 0) is 4.74 Å². The van der Waals surface area contributed by atoms with E-state index in [4.69, 9.17) is 16.7 Å². The van der Waals surface area contributed by atoms with Crippen molar-refractivity contribution in [2.24, 2.45) is 0 Å². The molecule has 3 aromatic carbocycles. The van der Waals surface area contributed by atoms with Crippen LogP contribution in [0.5, 0.6) is 0 Å². The van der Waals surface area contributed by atoms with Crippen molar-refractivity contribution in [3.8, 4) is 5.69 Å². The molecule has 3 heterocycles. The molecule has 11 nitrogen and oxygen atoms in total. The van der Waals surface area contributed by atoms with Crippen LogP contribution in [-0.4, -0.2) is 54.3 Å². The molecular formula is C26H17ClN6O5. The molecule has 0 spiro atoms. The number of methoxy groups -OCH3 is 1. The molecule has 3 aromatic heterocycles. The highest BCUT2D eigenvalue weighted by Crippen LogP contribution is 2.24. The molecule has 12 heteroatoms. The third kappa shape index (κ3) is 4.42. The molecule has 6 rings (SSSR count). The number of carboxylic acids is 1. The quantitative estimate of drug-likeness (QED) is 0.324. The van der Waals surface area contributed by atoms with E-state index in [2.05, 4.69) is 30.2 Å². The summed E-state index contributed by atoms with van der Waals surface area (Å²) in [6.07, 6.45) is 0. The van der Waals surface area contributed by atoms with Gasteiger partial charge in [0.15, 0.2) is 11.2 Å². The summed E-state index contributed by atoms with van der Waals surface area (Å²) in [7, 11) is 1.27. The Bertz CT molecular complexity index is 1900. The summed E-state index contributed by atoms with van der Waals surface area (Å²) in [5.41, 5.74) is 2.57. The number of benzene rings is 3. The highest BCUT2D eigenvalue weighted by atomic mass is 35.5. The molecule has 0 amide bonds. The third-order valence-corrected chi connectivity index (χ3v) is 6.04. The van der Waals surface area contributed by atoms with Crippen molar-refractivity contribution in [2.45, 2.75) is 0 Å². The lowest BCUT2D eigenvalue weighted by molar-refractivity contribution is 0.0592. The molecule has 0 fully saturated rings. The minimum absolute atomic E-state index is 0.0397. The Morgan fingerprint density at radius 3 is 2.13 bits per heavy atom. The van der Waals surface area contributed by atoms with Crippen molar-refractivity contribution >= 4 is 56.4 Å². The van der Waals surface area contributed by atoms with E-state index < -0.39 is 11.9 Å². The number of aromatic carboxylic acids is 1. The number of carbonyl (C=O) groups excluding carboxylic acids is 1. The number of carbonyl (C=O) groups is 2. The largest absolute Gasteiger partial charge is 0.478 e. The highest BCUT2D eigenvalue weighted by molar-refractivity contribution is 6.37. The molecule has 0 saturated heterocycles. The number of esters is 1. The summed E-state index contributed by atoms with van der Waals surface area (Å²) in [5, 5.41) is 29.4. The third-order valence-electron chi connectivity index (χ3n) is 5.65. The van der Waals surface area contributed by atoms with Gasteiger partial charge in [0.1, 0.15) is 0 Å². The van der Waals surface area contributed by atoms with Gasteiger partial charge >= 0.3 is 11.9 Å². The van der Waals surface area contributed by atoms with E-state index in [0.29, 0.717) is 27.6 Å². The average molecular weight is 529 g/mol. The topological polar surface area (TPSA) is 153 Å². The molecule has 0 atom stereocenters. The monoisotopic (exact) mass is 528 g/mol. The van der Waals surface area contributed by atoms with Crippen LogP contribution in [0, 0.1) is 0 Å². The van der Waals surface area contributed by atoms with Gasteiger partial charge in [-0.05, 0) is 36.4 Å². The second-order valence-corrected chi connectivity index (χ2v) is 8.29. The summed E-state index contributed by atoms with van der Waals surface area (Å²) in [4.78, 5) is 34.7. The maximum Gasteiger partial charge on any atom is 0.360 e. The molecule has 0 aliphatic heterocycles. The number of rotatable bonds is 3. The van der Waals surface area contributed by atoms with Gasteiger partial charge < -0.3 is 9.84 Å². The number of nitrogens with one attached hydrogen (secondary N) is 1. The lowest BCUT2D eigenvalue weighted by Crippen LogP contribution is -2.15. The Hall–Kier alpha value is -5.16. The number of H-pyrrole nitrogens is 1. The lowest BCUT2D eigenvalue weighted by Gasteiger charge is -2.03. The van der Waals surface area contributed by atoms with Crippen LogP contribution in [0.1, 0.15) is 20.8 Å². The Morgan fingerprint density at radius 2 is 1.47 bits per heavy atom. The van der Waals surface area contributed by atoms with Gasteiger partial charge in [-0.25, -0.2) is 14.3 Å². The Labute approximate surface area is 218 Å². The number of hydrogen-bond acceptors (Lipinski definition) is 8. The molecule has 0 aliphatic carbocycles. The fourth-order valence-corrected chi connectivity index (χ4v) is 4.04. The van der Waals surface area contributed by atoms with E-state index in [-0.39, 0.29) is 27.4 Å². The van der Waals surface area contributed by atoms with Gasteiger partial charge in [0.25, 0.3) is 5.56 Å². The smallest absolute Gasteiger partial charge is 0.360 e. The number of nitrogens with zero attached hydrogens (tertiary/aromatic N) is 5. The van der Waals surface area contributed by atoms with Gasteiger partial charge in [0, 0.05) is 10.8 Å². The molecule has 38 heavy (non-hydrogen) atoms. The summed E-state index contributed by atoms with van der Waals surface area (Å²) in [6.45, 7) is 0. The van der Waals surface area contributed by atoms with E-state index in [9.17, 15) is 14.4 Å². The molecule has 0 radical (unpaired) electrons. The first-order valence-electron chi connectivity index (χ1n) is 11.1. The molecule has 0 unspecified atom stereocenters. The fraction of sp³-hybridized carbons (Fsp3) is 0.0385. The minimum Gasteiger partial charge on any atom is -0.478 e. The van der Waals surface area contributed by atoms with Crippen LogP contribution in [0.4, 0.5) is 0 Å². The summed E-state index contributed by atoms with van der Waals surface area (Å²) in [6, 6.07) is 20.6. The van der Waals surface area contributed by atoms with Crippen LogP contribution in [0.2, 0.25) is 5.02 Å². The number of halogens is 1. The van der Waals surface area contributed by atoms with Crippen LogP contribution < -0.4 is 5.56 Å². The summed E-state index contributed by atoms with van der Waals surface area (Å²) in [5.74, 6) is -1.60. The van der Waals surface area contributed by atoms with Crippen molar-refractivity contribution in [1.29, 1.82) is 0 Å². The zero-order valence-electron chi connectivity index (χ0n) is 19.6. The number of aromatic nitrogens is 6.